The number of alkyl halides is 1. The van der Waals surface area contributed by atoms with Crippen LogP contribution < -0.4 is 10.1 Å². The van der Waals surface area contributed by atoms with Crippen LogP contribution in [0.4, 0.5) is 5.13 Å². The fourth-order valence-electron chi connectivity index (χ4n) is 1.29. The quantitative estimate of drug-likeness (QED) is 0.876. The number of halogens is 1. The number of methoxy groups -OCH3 is 1. The Morgan fingerprint density at radius 2 is 2.33 bits per heavy atom. The number of carbonyl (C=O) groups is 1. The number of rotatable bonds is 4. The summed E-state index contributed by atoms with van der Waals surface area (Å²) in [5.74, 6) is 0.653. The Morgan fingerprint density at radius 3 is 3.00 bits per heavy atom. The monoisotopic (exact) mass is 283 g/mol. The van der Waals surface area contributed by atoms with E-state index in [4.69, 9.17) is 16.3 Å². The van der Waals surface area contributed by atoms with Crippen molar-refractivity contribution in [2.45, 2.75) is 5.88 Å². The van der Waals surface area contributed by atoms with Crippen molar-refractivity contribution >= 4 is 34.0 Å². The zero-order valence-corrected chi connectivity index (χ0v) is 11.1. The normalized spacial score (nSPS) is 10.1. The zero-order chi connectivity index (χ0) is 13.0. The lowest BCUT2D eigenvalue weighted by molar-refractivity contribution is 0.102. The first-order valence-electron chi connectivity index (χ1n) is 5.06. The van der Waals surface area contributed by atoms with Gasteiger partial charge < -0.3 is 4.74 Å². The van der Waals surface area contributed by atoms with Gasteiger partial charge in [0.25, 0.3) is 5.91 Å². The van der Waals surface area contributed by atoms with Gasteiger partial charge in [-0.15, -0.1) is 21.8 Å². The molecule has 5 nitrogen and oxygen atoms in total. The van der Waals surface area contributed by atoms with Crippen molar-refractivity contribution in [3.63, 3.8) is 0 Å². The van der Waals surface area contributed by atoms with Gasteiger partial charge in [-0.1, -0.05) is 17.4 Å². The van der Waals surface area contributed by atoms with E-state index in [0.29, 0.717) is 21.5 Å². The average Bonchev–Trinajstić information content (AvgIpc) is 2.86. The van der Waals surface area contributed by atoms with Crippen LogP contribution in [0.15, 0.2) is 24.3 Å². The molecule has 0 aliphatic rings. The maximum absolute atomic E-state index is 11.9. The van der Waals surface area contributed by atoms with Crippen molar-refractivity contribution in [2.24, 2.45) is 0 Å². The van der Waals surface area contributed by atoms with Gasteiger partial charge in [0.2, 0.25) is 5.13 Å². The minimum Gasteiger partial charge on any atom is -0.497 e. The number of nitrogens with one attached hydrogen (secondary N) is 1. The highest BCUT2D eigenvalue weighted by atomic mass is 35.5. The molecule has 0 saturated carbocycles. The Balaban J connectivity index is 2.11. The van der Waals surface area contributed by atoms with Crippen LogP contribution in [0.1, 0.15) is 15.4 Å². The van der Waals surface area contributed by atoms with Gasteiger partial charge in [-0.25, -0.2) is 0 Å². The van der Waals surface area contributed by atoms with E-state index in [2.05, 4.69) is 15.5 Å². The number of anilines is 1. The van der Waals surface area contributed by atoms with Gasteiger partial charge in [0, 0.05) is 5.56 Å². The molecular formula is C11H10ClN3O2S. The van der Waals surface area contributed by atoms with Crippen molar-refractivity contribution in [1.82, 2.24) is 10.2 Å². The summed E-state index contributed by atoms with van der Waals surface area (Å²) in [4.78, 5) is 11.9. The van der Waals surface area contributed by atoms with E-state index in [1.165, 1.54) is 11.3 Å². The molecule has 1 amide bonds. The lowest BCUT2D eigenvalue weighted by Gasteiger charge is -2.03. The second-order valence-electron chi connectivity index (χ2n) is 3.32. The number of nitrogens with zero attached hydrogens (tertiary/aromatic N) is 2. The molecule has 0 fully saturated rings. The summed E-state index contributed by atoms with van der Waals surface area (Å²) >= 11 is 6.86. The van der Waals surface area contributed by atoms with Crippen LogP contribution in [-0.4, -0.2) is 23.2 Å². The van der Waals surface area contributed by atoms with Crippen LogP contribution >= 0.6 is 22.9 Å². The number of hydrogen-bond acceptors (Lipinski definition) is 5. The van der Waals surface area contributed by atoms with E-state index in [0.717, 1.165) is 0 Å². The molecule has 7 heteroatoms. The van der Waals surface area contributed by atoms with Gasteiger partial charge in [0.15, 0.2) is 0 Å². The minimum absolute atomic E-state index is 0.258. The Bertz CT molecular complexity index is 559. The first kappa shape index (κ1) is 12.8. The highest BCUT2D eigenvalue weighted by Crippen LogP contribution is 2.18. The van der Waals surface area contributed by atoms with E-state index in [9.17, 15) is 4.79 Å². The molecular weight excluding hydrogens is 274 g/mol. The van der Waals surface area contributed by atoms with Crippen molar-refractivity contribution in [1.29, 1.82) is 0 Å². The SMILES string of the molecule is COc1cccc(C(=O)Nc2nnc(CCl)s2)c1. The van der Waals surface area contributed by atoms with Gasteiger partial charge in [-0.2, -0.15) is 0 Å². The molecule has 0 spiro atoms. The summed E-state index contributed by atoms with van der Waals surface area (Å²) in [7, 11) is 1.55. The molecule has 18 heavy (non-hydrogen) atoms. The molecule has 0 bridgehead atoms. The molecule has 1 N–H and O–H groups in total. The third kappa shape index (κ3) is 2.96. The number of aromatic nitrogens is 2. The van der Waals surface area contributed by atoms with E-state index in [-0.39, 0.29) is 11.8 Å². The summed E-state index contributed by atoms with van der Waals surface area (Å²) in [6.07, 6.45) is 0. The van der Waals surface area contributed by atoms with Crippen LogP contribution in [-0.2, 0) is 5.88 Å². The molecule has 0 atom stereocenters. The van der Waals surface area contributed by atoms with Crippen LogP contribution in [0.5, 0.6) is 5.75 Å². The van der Waals surface area contributed by atoms with Crippen molar-refractivity contribution in [2.75, 3.05) is 12.4 Å². The minimum atomic E-state index is -0.258. The number of carbonyl (C=O) groups excluding carboxylic acids is 1. The number of benzene rings is 1. The van der Waals surface area contributed by atoms with Gasteiger partial charge >= 0.3 is 0 Å². The fourth-order valence-corrected chi connectivity index (χ4v) is 2.09. The van der Waals surface area contributed by atoms with Crippen LogP contribution in [0, 0.1) is 0 Å². The van der Waals surface area contributed by atoms with Crippen LogP contribution in [0.25, 0.3) is 0 Å². The molecule has 0 aliphatic heterocycles. The fraction of sp³-hybridized carbons (Fsp3) is 0.182. The van der Waals surface area contributed by atoms with Gasteiger partial charge in [0.05, 0.1) is 13.0 Å². The lowest BCUT2D eigenvalue weighted by atomic mass is 10.2. The Hall–Kier alpha value is -1.66. The van der Waals surface area contributed by atoms with Crippen molar-refractivity contribution in [3.8, 4) is 5.75 Å². The molecule has 2 aromatic rings. The largest absolute Gasteiger partial charge is 0.497 e. The molecule has 94 valence electrons. The van der Waals surface area contributed by atoms with E-state index in [1.54, 1.807) is 31.4 Å². The average molecular weight is 284 g/mol. The smallest absolute Gasteiger partial charge is 0.257 e. The summed E-state index contributed by atoms with van der Waals surface area (Å²) in [5.41, 5.74) is 0.497. The third-order valence-electron chi connectivity index (χ3n) is 2.13. The number of amides is 1. The van der Waals surface area contributed by atoms with Gasteiger partial charge in [-0.3, -0.25) is 10.1 Å². The topological polar surface area (TPSA) is 64.1 Å². The van der Waals surface area contributed by atoms with Gasteiger partial charge in [0.1, 0.15) is 10.8 Å². The molecule has 1 heterocycles. The van der Waals surface area contributed by atoms with Crippen molar-refractivity contribution < 1.29 is 9.53 Å². The molecule has 1 aromatic carbocycles. The van der Waals surface area contributed by atoms with Crippen LogP contribution in [0.3, 0.4) is 0 Å². The molecule has 1 aromatic heterocycles. The molecule has 2 rings (SSSR count). The predicted molar refractivity (Wildman–Crippen MR) is 70.4 cm³/mol. The first-order valence-corrected chi connectivity index (χ1v) is 6.42. The van der Waals surface area contributed by atoms with Crippen molar-refractivity contribution in [3.05, 3.63) is 34.8 Å². The Kier molecular flexibility index (Phi) is 4.11. The maximum Gasteiger partial charge on any atom is 0.257 e. The number of ether oxygens (including phenoxy) is 1. The van der Waals surface area contributed by atoms with Gasteiger partial charge in [-0.05, 0) is 18.2 Å². The number of hydrogen-bond donors (Lipinski definition) is 1. The predicted octanol–water partition coefficient (Wildman–Crippen LogP) is 2.54. The Morgan fingerprint density at radius 1 is 1.50 bits per heavy atom. The standard InChI is InChI=1S/C11H10ClN3O2S/c1-17-8-4-2-3-7(5-8)10(16)13-11-15-14-9(6-12)18-11/h2-5H,6H2,1H3,(H,13,15,16). The second-order valence-corrected chi connectivity index (χ2v) is 4.65. The van der Waals surface area contributed by atoms with E-state index < -0.39 is 0 Å². The highest BCUT2D eigenvalue weighted by molar-refractivity contribution is 7.15. The van der Waals surface area contributed by atoms with E-state index >= 15 is 0 Å². The summed E-state index contributed by atoms with van der Waals surface area (Å²) in [6, 6.07) is 6.87. The summed E-state index contributed by atoms with van der Waals surface area (Å²) < 4.78 is 5.05. The molecule has 0 saturated heterocycles. The molecule has 0 unspecified atom stereocenters. The Labute approximate surface area is 113 Å². The summed E-state index contributed by atoms with van der Waals surface area (Å²) in [5, 5.41) is 11.4. The van der Waals surface area contributed by atoms with Crippen LogP contribution in [0.2, 0.25) is 0 Å². The summed E-state index contributed by atoms with van der Waals surface area (Å²) in [6.45, 7) is 0. The molecule has 0 aliphatic carbocycles. The first-order chi connectivity index (χ1) is 8.72. The molecule has 0 radical (unpaired) electrons. The second kappa shape index (κ2) is 5.79. The van der Waals surface area contributed by atoms with E-state index in [1.807, 2.05) is 0 Å². The lowest BCUT2D eigenvalue weighted by Crippen LogP contribution is -2.11. The zero-order valence-electron chi connectivity index (χ0n) is 9.51. The third-order valence-corrected chi connectivity index (χ3v) is 3.38. The highest BCUT2D eigenvalue weighted by Gasteiger charge is 2.10. The maximum atomic E-state index is 11.9.